The fraction of sp³-hybridized carbons (Fsp3) is 0.625. The van der Waals surface area contributed by atoms with E-state index in [1.807, 2.05) is 0 Å². The van der Waals surface area contributed by atoms with E-state index < -0.39 is 11.8 Å². The van der Waals surface area contributed by atoms with E-state index in [0.29, 0.717) is 31.0 Å². The first-order valence-electron chi connectivity index (χ1n) is 4.35. The average molecular weight is 215 g/mol. The number of amides is 2. The molecule has 0 saturated carbocycles. The zero-order chi connectivity index (χ0) is 10.7. The van der Waals surface area contributed by atoms with Crippen LogP contribution >= 0.6 is 12.2 Å². The van der Waals surface area contributed by atoms with Crippen LogP contribution in [-0.4, -0.2) is 53.3 Å². The van der Waals surface area contributed by atoms with E-state index in [1.54, 1.807) is 7.05 Å². The highest BCUT2D eigenvalue weighted by molar-refractivity contribution is 7.80. The van der Waals surface area contributed by atoms with Crippen molar-refractivity contribution in [2.75, 3.05) is 26.7 Å². The summed E-state index contributed by atoms with van der Waals surface area (Å²) in [6.07, 6.45) is 0.470. The van der Waals surface area contributed by atoms with Crippen LogP contribution in [0.5, 0.6) is 0 Å². The number of carbonyl (C=O) groups excluding carboxylic acids is 2. The van der Waals surface area contributed by atoms with Gasteiger partial charge in [0, 0.05) is 33.1 Å². The molecule has 1 aliphatic rings. The fourth-order valence-corrected chi connectivity index (χ4v) is 1.32. The van der Waals surface area contributed by atoms with Gasteiger partial charge in [-0.05, 0) is 0 Å². The van der Waals surface area contributed by atoms with Crippen LogP contribution in [0.2, 0.25) is 0 Å². The standard InChI is InChI=1S/C8H13N3O2S/c1-10-4-5-11(3-2-6(9)14)8(13)7(10)12/h2-5H2,1H3,(H2,9,14). The molecule has 2 N–H and O–H groups in total. The molecule has 5 nitrogen and oxygen atoms in total. The second-order valence-corrected chi connectivity index (χ2v) is 3.76. The lowest BCUT2D eigenvalue weighted by atomic mass is 10.3. The van der Waals surface area contributed by atoms with E-state index in [-0.39, 0.29) is 0 Å². The quantitative estimate of drug-likeness (QED) is 0.482. The molecule has 1 aliphatic heterocycles. The molecule has 0 aromatic rings. The van der Waals surface area contributed by atoms with E-state index in [1.165, 1.54) is 9.80 Å². The molecule has 6 heteroatoms. The van der Waals surface area contributed by atoms with Gasteiger partial charge in [0.1, 0.15) is 0 Å². The predicted octanol–water partition coefficient (Wildman–Crippen LogP) is -1.04. The summed E-state index contributed by atoms with van der Waals surface area (Å²) in [6, 6.07) is 0. The highest BCUT2D eigenvalue weighted by Gasteiger charge is 2.29. The molecule has 0 radical (unpaired) electrons. The van der Waals surface area contributed by atoms with Crippen molar-refractivity contribution in [3.05, 3.63) is 0 Å². The minimum Gasteiger partial charge on any atom is -0.393 e. The molecular weight excluding hydrogens is 202 g/mol. The maximum absolute atomic E-state index is 11.4. The summed E-state index contributed by atoms with van der Waals surface area (Å²) >= 11 is 4.70. The van der Waals surface area contributed by atoms with Gasteiger partial charge in [-0.15, -0.1) is 0 Å². The highest BCUT2D eigenvalue weighted by atomic mass is 32.1. The molecule has 1 heterocycles. The van der Waals surface area contributed by atoms with Gasteiger partial charge in [-0.2, -0.15) is 0 Å². The molecule has 0 bridgehead atoms. The molecule has 0 aliphatic carbocycles. The van der Waals surface area contributed by atoms with Gasteiger partial charge in [-0.3, -0.25) is 9.59 Å². The minimum atomic E-state index is -0.463. The van der Waals surface area contributed by atoms with Gasteiger partial charge < -0.3 is 15.5 Å². The van der Waals surface area contributed by atoms with Gasteiger partial charge in [0.05, 0.1) is 4.99 Å². The molecule has 1 fully saturated rings. The maximum atomic E-state index is 11.4. The van der Waals surface area contributed by atoms with Crippen LogP contribution in [0.25, 0.3) is 0 Å². The summed E-state index contributed by atoms with van der Waals surface area (Å²) in [4.78, 5) is 25.9. The van der Waals surface area contributed by atoms with Crippen LogP contribution in [0.15, 0.2) is 0 Å². The van der Waals surface area contributed by atoms with Gasteiger partial charge in [0.25, 0.3) is 0 Å². The van der Waals surface area contributed by atoms with Gasteiger partial charge >= 0.3 is 11.8 Å². The Morgan fingerprint density at radius 1 is 1.43 bits per heavy atom. The Balaban J connectivity index is 2.51. The first-order valence-corrected chi connectivity index (χ1v) is 4.76. The van der Waals surface area contributed by atoms with Crippen LogP contribution in [0, 0.1) is 0 Å². The molecule has 2 amide bonds. The maximum Gasteiger partial charge on any atom is 0.312 e. The van der Waals surface area contributed by atoms with Crippen molar-refractivity contribution in [2.45, 2.75) is 6.42 Å². The summed E-state index contributed by atoms with van der Waals surface area (Å²) in [5.74, 6) is -0.922. The van der Waals surface area contributed by atoms with Gasteiger partial charge in [-0.1, -0.05) is 12.2 Å². The lowest BCUT2D eigenvalue weighted by Crippen LogP contribution is -2.53. The molecule has 1 rings (SSSR count). The Bertz CT molecular complexity index is 280. The molecule has 78 valence electrons. The second kappa shape index (κ2) is 4.36. The van der Waals surface area contributed by atoms with Crippen LogP contribution in [0.4, 0.5) is 0 Å². The van der Waals surface area contributed by atoms with Crippen LogP contribution < -0.4 is 5.73 Å². The van der Waals surface area contributed by atoms with Crippen molar-refractivity contribution < 1.29 is 9.59 Å². The van der Waals surface area contributed by atoms with Crippen molar-refractivity contribution in [3.8, 4) is 0 Å². The lowest BCUT2D eigenvalue weighted by Gasteiger charge is -2.31. The minimum absolute atomic E-state index is 0.365. The summed E-state index contributed by atoms with van der Waals surface area (Å²) in [5, 5.41) is 0. The third-order valence-corrected chi connectivity index (χ3v) is 2.35. The van der Waals surface area contributed by atoms with Gasteiger partial charge in [0.15, 0.2) is 0 Å². The molecule has 0 atom stereocenters. The molecular formula is C8H13N3O2S. The van der Waals surface area contributed by atoms with E-state index in [9.17, 15) is 9.59 Å². The number of rotatable bonds is 3. The Kier molecular flexibility index (Phi) is 3.40. The predicted molar refractivity (Wildman–Crippen MR) is 55.6 cm³/mol. The number of likely N-dealkylation sites (N-methyl/N-ethyl adjacent to an activating group) is 1. The number of hydrogen-bond acceptors (Lipinski definition) is 3. The van der Waals surface area contributed by atoms with E-state index in [2.05, 4.69) is 0 Å². The number of thiocarbonyl (C=S) groups is 1. The van der Waals surface area contributed by atoms with Crippen molar-refractivity contribution in [2.24, 2.45) is 5.73 Å². The zero-order valence-corrected chi connectivity index (χ0v) is 8.84. The van der Waals surface area contributed by atoms with Gasteiger partial charge in [0.2, 0.25) is 0 Å². The number of piperazine rings is 1. The van der Waals surface area contributed by atoms with Crippen LogP contribution in [-0.2, 0) is 9.59 Å². The normalized spacial score (nSPS) is 17.5. The number of nitrogens with two attached hydrogens (primary N) is 1. The third-order valence-electron chi connectivity index (χ3n) is 2.15. The fourth-order valence-electron chi connectivity index (χ4n) is 1.23. The monoisotopic (exact) mass is 215 g/mol. The van der Waals surface area contributed by atoms with Crippen molar-refractivity contribution in [3.63, 3.8) is 0 Å². The largest absolute Gasteiger partial charge is 0.393 e. The lowest BCUT2D eigenvalue weighted by molar-refractivity contribution is -0.154. The Labute approximate surface area is 87.8 Å². The molecule has 0 aromatic heterocycles. The topological polar surface area (TPSA) is 66.6 Å². The highest BCUT2D eigenvalue weighted by Crippen LogP contribution is 2.03. The molecule has 0 spiro atoms. The van der Waals surface area contributed by atoms with E-state index in [0.717, 1.165) is 0 Å². The van der Waals surface area contributed by atoms with Gasteiger partial charge in [-0.25, -0.2) is 0 Å². The van der Waals surface area contributed by atoms with Crippen molar-refractivity contribution >= 4 is 29.0 Å². The third kappa shape index (κ3) is 2.41. The summed E-state index contributed by atoms with van der Waals surface area (Å²) in [7, 11) is 1.62. The van der Waals surface area contributed by atoms with E-state index in [4.69, 9.17) is 18.0 Å². The second-order valence-electron chi connectivity index (χ2n) is 3.24. The Hall–Kier alpha value is -1.17. The van der Waals surface area contributed by atoms with Crippen molar-refractivity contribution in [1.29, 1.82) is 0 Å². The Morgan fingerprint density at radius 2 is 2.07 bits per heavy atom. The first kappa shape index (κ1) is 10.9. The molecule has 1 saturated heterocycles. The average Bonchev–Trinajstić information content (AvgIpc) is 2.13. The Morgan fingerprint density at radius 3 is 2.64 bits per heavy atom. The van der Waals surface area contributed by atoms with E-state index >= 15 is 0 Å². The SMILES string of the molecule is CN1CCN(CCC(N)=S)C(=O)C1=O. The summed E-state index contributed by atoms with van der Waals surface area (Å²) in [6.45, 7) is 1.57. The number of hydrogen-bond donors (Lipinski definition) is 1. The van der Waals surface area contributed by atoms with Crippen LogP contribution in [0.1, 0.15) is 6.42 Å². The summed E-state index contributed by atoms with van der Waals surface area (Å²) in [5.41, 5.74) is 5.32. The molecule has 0 aromatic carbocycles. The van der Waals surface area contributed by atoms with Crippen molar-refractivity contribution in [1.82, 2.24) is 9.80 Å². The smallest absolute Gasteiger partial charge is 0.312 e. The number of carbonyl (C=O) groups is 2. The zero-order valence-electron chi connectivity index (χ0n) is 8.02. The molecule has 0 unspecified atom stereocenters. The van der Waals surface area contributed by atoms with Crippen LogP contribution in [0.3, 0.4) is 0 Å². The number of nitrogens with zero attached hydrogens (tertiary/aromatic N) is 2. The first-order chi connectivity index (χ1) is 6.52. The molecule has 14 heavy (non-hydrogen) atoms. The summed E-state index contributed by atoms with van der Waals surface area (Å²) < 4.78 is 0.